The minimum atomic E-state index is -3.67. The predicted molar refractivity (Wildman–Crippen MR) is 101 cm³/mol. The summed E-state index contributed by atoms with van der Waals surface area (Å²) in [4.78, 5) is 0.200. The smallest absolute Gasteiger partial charge is 0.231 e. The van der Waals surface area contributed by atoms with Crippen LogP contribution in [-0.4, -0.2) is 39.2 Å². The van der Waals surface area contributed by atoms with E-state index in [1.54, 1.807) is 24.3 Å². The first-order valence-electron chi connectivity index (χ1n) is 8.63. The zero-order valence-corrected chi connectivity index (χ0v) is 16.3. The molecule has 0 aromatic heterocycles. The van der Waals surface area contributed by atoms with E-state index in [1.807, 2.05) is 13.0 Å². The van der Waals surface area contributed by atoms with Gasteiger partial charge in [-0.3, -0.25) is 0 Å². The van der Waals surface area contributed by atoms with E-state index in [-0.39, 0.29) is 18.3 Å². The van der Waals surface area contributed by atoms with E-state index in [0.29, 0.717) is 23.1 Å². The van der Waals surface area contributed by atoms with Gasteiger partial charge in [-0.25, -0.2) is 8.42 Å². The van der Waals surface area contributed by atoms with E-state index in [0.717, 1.165) is 5.56 Å². The van der Waals surface area contributed by atoms with Gasteiger partial charge in [-0.05, 0) is 48.9 Å². The predicted octanol–water partition coefficient (Wildman–Crippen LogP) is 2.74. The molecule has 2 aliphatic rings. The molecule has 6 nitrogen and oxygen atoms in total. The van der Waals surface area contributed by atoms with Gasteiger partial charge in [0.15, 0.2) is 21.3 Å². The molecule has 0 radical (unpaired) electrons. The highest BCUT2D eigenvalue weighted by Crippen LogP contribution is 2.56. The number of ether oxygens (including phenoxy) is 3. The molecule has 0 amide bonds. The minimum Gasteiger partial charge on any atom is -0.454 e. The van der Waals surface area contributed by atoms with Gasteiger partial charge in [-0.1, -0.05) is 17.7 Å². The van der Waals surface area contributed by atoms with Crippen molar-refractivity contribution in [1.29, 1.82) is 0 Å². The number of fused-ring (bicyclic) bond motifs is 1. The molecule has 1 aliphatic heterocycles. The molecule has 4 rings (SSSR count). The number of rotatable bonds is 6. The molecule has 3 unspecified atom stereocenters. The van der Waals surface area contributed by atoms with E-state index < -0.39 is 26.5 Å². The molecular weight excluding hydrogens is 390 g/mol. The van der Waals surface area contributed by atoms with E-state index >= 15 is 0 Å². The first-order valence-corrected chi connectivity index (χ1v) is 10.6. The number of sulfone groups is 1. The third-order valence-corrected chi connectivity index (χ3v) is 7.65. The molecule has 8 heteroatoms. The first-order chi connectivity index (χ1) is 12.9. The molecule has 1 saturated carbocycles. The highest BCUT2D eigenvalue weighted by Gasteiger charge is 2.69. The van der Waals surface area contributed by atoms with Gasteiger partial charge >= 0.3 is 0 Å². The van der Waals surface area contributed by atoms with Gasteiger partial charge in [-0.15, -0.1) is 0 Å². The van der Waals surface area contributed by atoms with Crippen molar-refractivity contribution >= 4 is 21.4 Å². The summed E-state index contributed by atoms with van der Waals surface area (Å²) in [5.74, 6) is 0.837. The van der Waals surface area contributed by atoms with E-state index in [1.165, 1.54) is 12.1 Å². The second kappa shape index (κ2) is 6.67. The highest BCUT2D eigenvalue weighted by atomic mass is 35.5. The molecule has 2 N–H and O–H groups in total. The standard InChI is InChI=1S/C19H20ClNO5S/c1-2-24-10-19(21)17(12-3-8-15-16(9-12)26-11-25-15)18(19)27(22,23)14-6-4-13(20)5-7-14/h3-9,17-18H,2,10-11,21H2,1H3. The SMILES string of the molecule is CCOCC1(N)C(c2ccc3c(c2)OCO3)C1S(=O)(=O)c1ccc(Cl)cc1. The summed E-state index contributed by atoms with van der Waals surface area (Å²) in [6.07, 6.45) is 0. The Labute approximate surface area is 163 Å². The van der Waals surface area contributed by atoms with Crippen LogP contribution >= 0.6 is 11.6 Å². The molecule has 27 heavy (non-hydrogen) atoms. The molecule has 1 fully saturated rings. The topological polar surface area (TPSA) is 87.8 Å². The van der Waals surface area contributed by atoms with E-state index in [2.05, 4.69) is 0 Å². The van der Waals surface area contributed by atoms with Crippen molar-refractivity contribution in [2.24, 2.45) is 5.73 Å². The number of hydrogen-bond acceptors (Lipinski definition) is 6. The Bertz CT molecular complexity index is 963. The van der Waals surface area contributed by atoms with Gasteiger partial charge < -0.3 is 19.9 Å². The summed E-state index contributed by atoms with van der Waals surface area (Å²) in [5.41, 5.74) is 6.33. The van der Waals surface area contributed by atoms with Crippen LogP contribution in [0.5, 0.6) is 11.5 Å². The van der Waals surface area contributed by atoms with Crippen LogP contribution in [-0.2, 0) is 14.6 Å². The van der Waals surface area contributed by atoms with Gasteiger partial charge in [0.25, 0.3) is 0 Å². The van der Waals surface area contributed by atoms with Crippen molar-refractivity contribution < 1.29 is 22.6 Å². The molecular formula is C19H20ClNO5S. The van der Waals surface area contributed by atoms with Crippen LogP contribution in [0.1, 0.15) is 18.4 Å². The molecule has 2 aromatic rings. The summed E-state index contributed by atoms with van der Waals surface area (Å²) >= 11 is 5.89. The molecule has 144 valence electrons. The lowest BCUT2D eigenvalue weighted by molar-refractivity contribution is 0.125. The van der Waals surface area contributed by atoms with Crippen molar-refractivity contribution in [3.05, 3.63) is 53.1 Å². The molecule has 1 heterocycles. The largest absolute Gasteiger partial charge is 0.454 e. The second-order valence-corrected chi connectivity index (χ2v) is 9.27. The normalized spacial score (nSPS) is 26.2. The summed E-state index contributed by atoms with van der Waals surface area (Å²) in [5, 5.41) is -0.316. The monoisotopic (exact) mass is 409 g/mol. The lowest BCUT2D eigenvalue weighted by Gasteiger charge is -2.12. The lowest BCUT2D eigenvalue weighted by Crippen LogP contribution is -2.36. The highest BCUT2D eigenvalue weighted by molar-refractivity contribution is 7.92. The van der Waals surface area contributed by atoms with Gasteiger partial charge in [0.05, 0.1) is 22.3 Å². The lowest BCUT2D eigenvalue weighted by atomic mass is 10.1. The van der Waals surface area contributed by atoms with Crippen LogP contribution in [0.3, 0.4) is 0 Å². The fraction of sp³-hybridized carbons (Fsp3) is 0.368. The summed E-state index contributed by atoms with van der Waals surface area (Å²) < 4.78 is 42.8. The number of hydrogen-bond donors (Lipinski definition) is 1. The van der Waals surface area contributed by atoms with Crippen LogP contribution in [0.25, 0.3) is 0 Å². The summed E-state index contributed by atoms with van der Waals surface area (Å²) in [7, 11) is -3.67. The third kappa shape index (κ3) is 3.08. The maximum atomic E-state index is 13.3. The van der Waals surface area contributed by atoms with Gasteiger partial charge in [0.1, 0.15) is 0 Å². The molecule has 0 bridgehead atoms. The first kappa shape index (κ1) is 18.6. The van der Waals surface area contributed by atoms with Gasteiger partial charge in [0, 0.05) is 17.5 Å². The zero-order valence-electron chi connectivity index (χ0n) is 14.7. The van der Waals surface area contributed by atoms with Crippen molar-refractivity contribution in [3.8, 4) is 11.5 Å². The van der Waals surface area contributed by atoms with E-state index in [9.17, 15) is 8.42 Å². The zero-order chi connectivity index (χ0) is 19.2. The number of halogens is 1. The number of benzene rings is 2. The van der Waals surface area contributed by atoms with Crippen molar-refractivity contribution in [3.63, 3.8) is 0 Å². The number of nitrogens with two attached hydrogens (primary N) is 1. The molecule has 2 aromatic carbocycles. The Balaban J connectivity index is 1.72. The van der Waals surface area contributed by atoms with Gasteiger partial charge in [0.2, 0.25) is 6.79 Å². The molecule has 0 saturated heterocycles. The second-order valence-electron chi connectivity index (χ2n) is 6.76. The molecule has 0 spiro atoms. The third-order valence-electron chi connectivity index (χ3n) is 5.09. The Morgan fingerprint density at radius 1 is 1.19 bits per heavy atom. The Morgan fingerprint density at radius 2 is 1.89 bits per heavy atom. The summed E-state index contributed by atoms with van der Waals surface area (Å²) in [6, 6.07) is 11.6. The van der Waals surface area contributed by atoms with Crippen LogP contribution in [0.4, 0.5) is 0 Å². The Morgan fingerprint density at radius 3 is 2.59 bits per heavy atom. The van der Waals surface area contributed by atoms with Crippen LogP contribution in [0.15, 0.2) is 47.4 Å². The van der Waals surface area contributed by atoms with E-state index in [4.69, 9.17) is 31.5 Å². The average molecular weight is 410 g/mol. The van der Waals surface area contributed by atoms with Crippen LogP contribution in [0, 0.1) is 0 Å². The van der Waals surface area contributed by atoms with Crippen LogP contribution in [0.2, 0.25) is 5.02 Å². The summed E-state index contributed by atoms with van der Waals surface area (Å²) in [6.45, 7) is 2.62. The van der Waals surface area contributed by atoms with Crippen molar-refractivity contribution in [1.82, 2.24) is 0 Å². The fourth-order valence-electron chi connectivity index (χ4n) is 3.70. The van der Waals surface area contributed by atoms with Crippen molar-refractivity contribution in [2.75, 3.05) is 20.0 Å². The molecule has 3 atom stereocenters. The van der Waals surface area contributed by atoms with Crippen LogP contribution < -0.4 is 15.2 Å². The Hall–Kier alpha value is -1.80. The molecule has 1 aliphatic carbocycles. The Kier molecular flexibility index (Phi) is 4.58. The quantitative estimate of drug-likeness (QED) is 0.789. The minimum absolute atomic E-state index is 0.153. The van der Waals surface area contributed by atoms with Gasteiger partial charge in [-0.2, -0.15) is 0 Å². The fourth-order valence-corrected chi connectivity index (χ4v) is 6.12. The maximum absolute atomic E-state index is 13.3. The van der Waals surface area contributed by atoms with Crippen molar-refractivity contribution in [2.45, 2.75) is 28.5 Å². The maximum Gasteiger partial charge on any atom is 0.231 e. The average Bonchev–Trinajstić information content (AvgIpc) is 3.03.